The van der Waals surface area contributed by atoms with Crippen molar-refractivity contribution >= 4 is 28.5 Å². The van der Waals surface area contributed by atoms with Gasteiger partial charge in [0, 0.05) is 11.1 Å². The van der Waals surface area contributed by atoms with Crippen molar-refractivity contribution in [3.8, 4) is 11.4 Å². The molecule has 4 rings (SSSR count). The lowest BCUT2D eigenvalue weighted by Gasteiger charge is -2.12. The van der Waals surface area contributed by atoms with Crippen molar-refractivity contribution in [3.63, 3.8) is 0 Å². The average molecular weight is 434 g/mol. The number of benzene rings is 3. The highest BCUT2D eigenvalue weighted by Gasteiger charge is 2.17. The minimum Gasteiger partial charge on any atom is -0.485 e. The third-order valence-electron chi connectivity index (χ3n) is 4.51. The zero-order valence-electron chi connectivity index (χ0n) is 17.4. The van der Waals surface area contributed by atoms with Gasteiger partial charge in [0.15, 0.2) is 11.0 Å². The molecule has 0 radical (unpaired) electrons. The van der Waals surface area contributed by atoms with Gasteiger partial charge < -0.3 is 9.47 Å². The molecule has 0 bridgehead atoms. The molecule has 0 fully saturated rings. The van der Waals surface area contributed by atoms with Crippen molar-refractivity contribution in [2.45, 2.75) is 31.7 Å². The first kappa shape index (κ1) is 20.9. The van der Waals surface area contributed by atoms with Gasteiger partial charge in [-0.15, -0.1) is 10.2 Å². The van der Waals surface area contributed by atoms with E-state index >= 15 is 0 Å². The topological polar surface area (TPSA) is 66.2 Å². The van der Waals surface area contributed by atoms with E-state index in [9.17, 15) is 4.79 Å². The minimum atomic E-state index is -0.281. The summed E-state index contributed by atoms with van der Waals surface area (Å²) in [5, 5.41) is 11.4. The van der Waals surface area contributed by atoms with E-state index in [1.54, 1.807) is 0 Å². The molecule has 0 atom stereocenters. The Labute approximate surface area is 185 Å². The average Bonchev–Trinajstić information content (AvgIpc) is 3.19. The fraction of sp³-hybridized carbons (Fsp3) is 0.208. The third kappa shape index (κ3) is 5.06. The van der Waals surface area contributed by atoms with Gasteiger partial charge in [0.1, 0.15) is 12.4 Å². The molecule has 158 valence electrons. The van der Waals surface area contributed by atoms with Crippen LogP contribution in [0.1, 0.15) is 19.7 Å². The van der Waals surface area contributed by atoms with Gasteiger partial charge in [-0.25, -0.2) is 0 Å². The zero-order valence-corrected chi connectivity index (χ0v) is 18.2. The van der Waals surface area contributed by atoms with Crippen LogP contribution in [-0.4, -0.2) is 32.6 Å². The highest BCUT2D eigenvalue weighted by Crippen LogP contribution is 2.27. The molecule has 3 aromatic carbocycles. The summed E-state index contributed by atoms with van der Waals surface area (Å²) in [5.41, 5.74) is 0.906. The Morgan fingerprint density at radius 3 is 2.52 bits per heavy atom. The molecule has 0 spiro atoms. The normalized spacial score (nSPS) is 11.1. The number of rotatable bonds is 8. The highest BCUT2D eigenvalue weighted by atomic mass is 32.2. The van der Waals surface area contributed by atoms with Crippen molar-refractivity contribution in [1.82, 2.24) is 14.8 Å². The summed E-state index contributed by atoms with van der Waals surface area (Å²) in [6.45, 7) is 3.91. The van der Waals surface area contributed by atoms with Gasteiger partial charge in [-0.1, -0.05) is 66.4 Å². The van der Waals surface area contributed by atoms with Crippen molar-refractivity contribution in [2.24, 2.45) is 0 Å². The first-order valence-corrected chi connectivity index (χ1v) is 11.0. The van der Waals surface area contributed by atoms with E-state index in [0.717, 1.165) is 22.2 Å². The number of hydrogen-bond donors (Lipinski definition) is 0. The molecule has 1 aromatic heterocycles. The van der Waals surface area contributed by atoms with E-state index in [2.05, 4.69) is 22.3 Å². The van der Waals surface area contributed by atoms with Crippen molar-refractivity contribution in [1.29, 1.82) is 0 Å². The lowest BCUT2D eigenvalue weighted by Crippen LogP contribution is -2.14. The van der Waals surface area contributed by atoms with Crippen LogP contribution in [0.3, 0.4) is 0 Å². The molecule has 6 nitrogen and oxygen atoms in total. The van der Waals surface area contributed by atoms with E-state index in [-0.39, 0.29) is 24.4 Å². The van der Waals surface area contributed by atoms with E-state index in [4.69, 9.17) is 9.47 Å². The fourth-order valence-corrected chi connectivity index (χ4v) is 3.96. The second-order valence-corrected chi connectivity index (χ2v) is 8.11. The number of para-hydroxylation sites is 1. The number of nitrogens with zero attached hydrogens (tertiary/aromatic N) is 3. The summed E-state index contributed by atoms with van der Waals surface area (Å²) in [4.78, 5) is 12.0. The van der Waals surface area contributed by atoms with E-state index in [1.807, 2.05) is 79.1 Å². The maximum absolute atomic E-state index is 12.0. The number of ether oxygens (including phenoxy) is 2. The Hall–Kier alpha value is -3.32. The van der Waals surface area contributed by atoms with Crippen molar-refractivity contribution < 1.29 is 14.3 Å². The second kappa shape index (κ2) is 9.66. The zero-order chi connectivity index (χ0) is 21.6. The first-order valence-electron chi connectivity index (χ1n) is 10.0. The molecule has 0 aliphatic rings. The molecule has 31 heavy (non-hydrogen) atoms. The van der Waals surface area contributed by atoms with Gasteiger partial charge in [-0.05, 0) is 37.4 Å². The largest absolute Gasteiger partial charge is 0.485 e. The summed E-state index contributed by atoms with van der Waals surface area (Å²) in [6, 6.07) is 23.9. The predicted molar refractivity (Wildman–Crippen MR) is 122 cm³/mol. The summed E-state index contributed by atoms with van der Waals surface area (Å²) in [7, 11) is 0. The van der Waals surface area contributed by atoms with Crippen LogP contribution in [0.5, 0.6) is 5.75 Å². The van der Waals surface area contributed by atoms with Crippen LogP contribution < -0.4 is 4.74 Å². The van der Waals surface area contributed by atoms with Crippen LogP contribution in [0, 0.1) is 0 Å². The third-order valence-corrected chi connectivity index (χ3v) is 5.41. The minimum absolute atomic E-state index is 0.148. The molecule has 0 amide bonds. The standard InChI is InChI=1S/C24H23N3O3S/c1-17(2)30-23(28)16-31-24-26-25-22(27(24)19-11-4-3-5-12-19)15-29-21-14-8-10-18-9-6-7-13-20(18)21/h3-14,17H,15-16H2,1-2H3. The number of hydrogen-bond acceptors (Lipinski definition) is 6. The number of carbonyl (C=O) groups excluding carboxylic acids is 1. The van der Waals surface area contributed by atoms with Crippen LogP contribution in [0.2, 0.25) is 0 Å². The van der Waals surface area contributed by atoms with Crippen molar-refractivity contribution in [2.75, 3.05) is 5.75 Å². The monoisotopic (exact) mass is 433 g/mol. The first-order chi connectivity index (χ1) is 15.1. The molecule has 0 aliphatic carbocycles. The van der Waals surface area contributed by atoms with Gasteiger partial charge in [0.2, 0.25) is 0 Å². The van der Waals surface area contributed by atoms with E-state index in [1.165, 1.54) is 11.8 Å². The van der Waals surface area contributed by atoms with Gasteiger partial charge in [-0.2, -0.15) is 0 Å². The number of thioether (sulfide) groups is 1. The van der Waals surface area contributed by atoms with Gasteiger partial charge >= 0.3 is 5.97 Å². The molecule has 0 saturated carbocycles. The summed E-state index contributed by atoms with van der Waals surface area (Å²) in [5.74, 6) is 1.32. The second-order valence-electron chi connectivity index (χ2n) is 7.16. The molecule has 0 N–H and O–H groups in total. The Morgan fingerprint density at radius 2 is 1.71 bits per heavy atom. The molecular weight excluding hydrogens is 410 g/mol. The fourth-order valence-electron chi connectivity index (χ4n) is 3.21. The van der Waals surface area contributed by atoms with Crippen LogP contribution >= 0.6 is 11.8 Å². The van der Waals surface area contributed by atoms with Crippen LogP contribution in [0.25, 0.3) is 16.5 Å². The van der Waals surface area contributed by atoms with Gasteiger partial charge in [0.25, 0.3) is 0 Å². The Bertz CT molecular complexity index is 1170. The Morgan fingerprint density at radius 1 is 0.968 bits per heavy atom. The quantitative estimate of drug-likeness (QED) is 0.286. The molecule has 0 unspecified atom stereocenters. The Kier molecular flexibility index (Phi) is 6.52. The lowest BCUT2D eigenvalue weighted by molar-refractivity contribution is -0.144. The van der Waals surface area contributed by atoms with Crippen LogP contribution in [0.4, 0.5) is 0 Å². The molecule has 7 heteroatoms. The van der Waals surface area contributed by atoms with Crippen molar-refractivity contribution in [3.05, 3.63) is 78.6 Å². The van der Waals surface area contributed by atoms with Gasteiger partial charge in [0.05, 0.1) is 11.9 Å². The molecule has 1 heterocycles. The van der Waals surface area contributed by atoms with E-state index < -0.39 is 0 Å². The molecule has 0 aliphatic heterocycles. The summed E-state index contributed by atoms with van der Waals surface area (Å²) >= 11 is 1.30. The number of aromatic nitrogens is 3. The molecule has 4 aromatic rings. The van der Waals surface area contributed by atoms with Crippen LogP contribution in [-0.2, 0) is 16.1 Å². The molecule has 0 saturated heterocycles. The Balaban J connectivity index is 1.58. The van der Waals surface area contributed by atoms with E-state index in [0.29, 0.717) is 11.0 Å². The lowest BCUT2D eigenvalue weighted by atomic mass is 10.1. The van der Waals surface area contributed by atoms with Gasteiger partial charge in [-0.3, -0.25) is 9.36 Å². The summed E-state index contributed by atoms with van der Waals surface area (Å²) < 4.78 is 13.3. The SMILES string of the molecule is CC(C)OC(=O)CSc1nnc(COc2cccc3ccccc23)n1-c1ccccc1. The number of fused-ring (bicyclic) bond motifs is 1. The van der Waals surface area contributed by atoms with Crippen LogP contribution in [0.15, 0.2) is 78.0 Å². The smallest absolute Gasteiger partial charge is 0.316 e. The number of carbonyl (C=O) groups is 1. The number of esters is 1. The highest BCUT2D eigenvalue weighted by molar-refractivity contribution is 7.99. The summed E-state index contributed by atoms with van der Waals surface area (Å²) in [6.07, 6.45) is -0.148. The molecular formula is C24H23N3O3S. The maximum Gasteiger partial charge on any atom is 0.316 e. The predicted octanol–water partition coefficient (Wildman–Crippen LogP) is 5.04. The maximum atomic E-state index is 12.0.